The fourth-order valence-electron chi connectivity index (χ4n) is 1.26. The topological polar surface area (TPSA) is 84.2 Å². The van der Waals surface area contributed by atoms with Crippen LogP contribution in [0.5, 0.6) is 0 Å². The third-order valence-corrected chi connectivity index (χ3v) is 2.57. The Labute approximate surface area is 123 Å². The van der Waals surface area contributed by atoms with E-state index in [1.807, 2.05) is 0 Å². The van der Waals surface area contributed by atoms with E-state index in [2.05, 4.69) is 10.6 Å². The van der Waals surface area contributed by atoms with E-state index in [4.69, 9.17) is 17.3 Å². The average Bonchev–Trinajstić information content (AvgIpc) is 2.34. The number of rotatable bonds is 5. The molecule has 4 N–H and O–H groups in total. The van der Waals surface area contributed by atoms with Gasteiger partial charge in [-0.1, -0.05) is 23.7 Å². The molecule has 1 aromatic rings. The number of nitrogens with two attached hydrogens (primary N) is 1. The molecule has 19 heavy (non-hydrogen) atoms. The molecule has 5 nitrogen and oxygen atoms in total. The molecule has 0 aromatic heterocycles. The van der Waals surface area contributed by atoms with E-state index in [1.54, 1.807) is 31.2 Å². The van der Waals surface area contributed by atoms with Gasteiger partial charge in [-0.25, -0.2) is 0 Å². The Morgan fingerprint density at radius 2 is 1.84 bits per heavy atom. The van der Waals surface area contributed by atoms with Gasteiger partial charge in [0.05, 0.1) is 16.6 Å². The van der Waals surface area contributed by atoms with Gasteiger partial charge in [0, 0.05) is 13.1 Å². The molecular weight excluding hydrogens is 289 g/mol. The fourth-order valence-corrected chi connectivity index (χ4v) is 1.48. The molecule has 1 aromatic carbocycles. The van der Waals surface area contributed by atoms with Crippen LogP contribution in [0.1, 0.15) is 17.3 Å². The van der Waals surface area contributed by atoms with Crippen molar-refractivity contribution in [1.29, 1.82) is 0 Å². The predicted molar refractivity (Wildman–Crippen MR) is 77.7 cm³/mol. The van der Waals surface area contributed by atoms with Crippen molar-refractivity contribution in [3.05, 3.63) is 34.9 Å². The van der Waals surface area contributed by atoms with Crippen molar-refractivity contribution in [1.82, 2.24) is 10.6 Å². The van der Waals surface area contributed by atoms with Crippen molar-refractivity contribution in [2.24, 2.45) is 5.73 Å². The molecule has 0 saturated heterocycles. The quantitative estimate of drug-likeness (QED) is 0.708. The molecule has 106 valence electrons. The van der Waals surface area contributed by atoms with Crippen LogP contribution < -0.4 is 16.4 Å². The minimum absolute atomic E-state index is 0. The van der Waals surface area contributed by atoms with Gasteiger partial charge in [0.25, 0.3) is 5.91 Å². The van der Waals surface area contributed by atoms with Crippen molar-refractivity contribution in [2.75, 3.05) is 13.1 Å². The van der Waals surface area contributed by atoms with Crippen molar-refractivity contribution in [3.8, 4) is 0 Å². The minimum Gasteiger partial charge on any atom is -0.353 e. The highest BCUT2D eigenvalue weighted by Crippen LogP contribution is 2.14. The molecule has 0 aliphatic rings. The number of halogens is 2. The SMILES string of the molecule is C[C@@H](N)C(=O)NCCNC(=O)c1ccccc1Cl.Cl. The summed E-state index contributed by atoms with van der Waals surface area (Å²) in [5.74, 6) is -0.516. The first-order valence-electron chi connectivity index (χ1n) is 5.58. The lowest BCUT2D eigenvalue weighted by atomic mass is 10.2. The van der Waals surface area contributed by atoms with E-state index in [0.717, 1.165) is 0 Å². The summed E-state index contributed by atoms with van der Waals surface area (Å²) < 4.78 is 0. The molecule has 0 fully saturated rings. The zero-order valence-corrected chi connectivity index (χ0v) is 12.1. The second-order valence-electron chi connectivity index (χ2n) is 3.82. The number of carbonyl (C=O) groups excluding carboxylic acids is 2. The normalized spacial score (nSPS) is 11.1. The number of amides is 2. The highest BCUT2D eigenvalue weighted by molar-refractivity contribution is 6.33. The van der Waals surface area contributed by atoms with Crippen LogP contribution in [0.3, 0.4) is 0 Å². The Bertz CT molecular complexity index is 439. The molecule has 0 aliphatic carbocycles. The molecule has 0 aliphatic heterocycles. The molecule has 0 unspecified atom stereocenters. The molecule has 7 heteroatoms. The lowest BCUT2D eigenvalue weighted by Gasteiger charge is -2.09. The maximum Gasteiger partial charge on any atom is 0.252 e. The molecular formula is C12H17Cl2N3O2. The summed E-state index contributed by atoms with van der Waals surface area (Å²) in [7, 11) is 0. The number of carbonyl (C=O) groups is 2. The Morgan fingerprint density at radius 3 is 2.42 bits per heavy atom. The van der Waals surface area contributed by atoms with Gasteiger partial charge in [-0.05, 0) is 19.1 Å². The van der Waals surface area contributed by atoms with E-state index >= 15 is 0 Å². The molecule has 0 heterocycles. The van der Waals surface area contributed by atoms with Gasteiger partial charge >= 0.3 is 0 Å². The summed E-state index contributed by atoms with van der Waals surface area (Å²) in [6.07, 6.45) is 0. The minimum atomic E-state index is -0.552. The van der Waals surface area contributed by atoms with Gasteiger partial charge in [0.2, 0.25) is 5.91 Å². The van der Waals surface area contributed by atoms with E-state index in [0.29, 0.717) is 23.7 Å². The summed E-state index contributed by atoms with van der Waals surface area (Å²) in [5, 5.41) is 5.64. The van der Waals surface area contributed by atoms with Gasteiger partial charge in [-0.3, -0.25) is 9.59 Å². The lowest BCUT2D eigenvalue weighted by molar-refractivity contribution is -0.121. The smallest absolute Gasteiger partial charge is 0.252 e. The van der Waals surface area contributed by atoms with Crippen molar-refractivity contribution >= 4 is 35.8 Å². The van der Waals surface area contributed by atoms with Crippen molar-refractivity contribution in [2.45, 2.75) is 13.0 Å². The third kappa shape index (κ3) is 5.92. The summed E-state index contributed by atoms with van der Waals surface area (Å²) in [6.45, 7) is 2.25. The molecule has 2 amide bonds. The van der Waals surface area contributed by atoms with Crippen LogP contribution in [0.25, 0.3) is 0 Å². The first-order valence-corrected chi connectivity index (χ1v) is 5.96. The standard InChI is InChI=1S/C12H16ClN3O2.ClH/c1-8(14)11(17)15-6-7-16-12(18)9-4-2-3-5-10(9)13;/h2-5,8H,6-7,14H2,1H3,(H,15,17)(H,16,18);1H/t8-;/m1./s1. The maximum atomic E-state index is 11.7. The van der Waals surface area contributed by atoms with Gasteiger partial charge in [0.15, 0.2) is 0 Å². The number of hydrogen-bond donors (Lipinski definition) is 3. The summed E-state index contributed by atoms with van der Waals surface area (Å²) in [5.41, 5.74) is 5.79. The van der Waals surface area contributed by atoms with E-state index in [1.165, 1.54) is 0 Å². The Balaban J connectivity index is 0.00000324. The van der Waals surface area contributed by atoms with Gasteiger partial charge in [0.1, 0.15) is 0 Å². The Morgan fingerprint density at radius 1 is 1.26 bits per heavy atom. The second-order valence-corrected chi connectivity index (χ2v) is 4.22. The zero-order chi connectivity index (χ0) is 13.5. The third-order valence-electron chi connectivity index (χ3n) is 2.24. The van der Waals surface area contributed by atoms with Crippen LogP contribution in [0.2, 0.25) is 5.02 Å². The summed E-state index contributed by atoms with van der Waals surface area (Å²) in [4.78, 5) is 22.9. The molecule has 0 spiro atoms. The van der Waals surface area contributed by atoms with Crippen LogP contribution >= 0.6 is 24.0 Å². The Hall–Kier alpha value is -1.30. The maximum absolute atomic E-state index is 11.7. The van der Waals surface area contributed by atoms with Gasteiger partial charge in [-0.2, -0.15) is 0 Å². The molecule has 1 rings (SSSR count). The summed E-state index contributed by atoms with van der Waals surface area (Å²) >= 11 is 5.88. The zero-order valence-electron chi connectivity index (χ0n) is 10.5. The largest absolute Gasteiger partial charge is 0.353 e. The van der Waals surface area contributed by atoms with Crippen LogP contribution in [-0.4, -0.2) is 30.9 Å². The average molecular weight is 306 g/mol. The van der Waals surface area contributed by atoms with Gasteiger partial charge < -0.3 is 16.4 Å². The first kappa shape index (κ1) is 17.7. The fraction of sp³-hybridized carbons (Fsp3) is 0.333. The number of benzene rings is 1. The second kappa shape index (κ2) is 8.74. The van der Waals surface area contributed by atoms with Gasteiger partial charge in [-0.15, -0.1) is 12.4 Å². The van der Waals surface area contributed by atoms with Crippen molar-refractivity contribution in [3.63, 3.8) is 0 Å². The van der Waals surface area contributed by atoms with Crippen LogP contribution in [-0.2, 0) is 4.79 Å². The highest BCUT2D eigenvalue weighted by Gasteiger charge is 2.09. The van der Waals surface area contributed by atoms with E-state index < -0.39 is 6.04 Å². The van der Waals surface area contributed by atoms with Crippen LogP contribution in [0, 0.1) is 0 Å². The molecule has 0 bridgehead atoms. The molecule has 0 saturated carbocycles. The summed E-state index contributed by atoms with van der Waals surface area (Å²) in [6, 6.07) is 6.22. The van der Waals surface area contributed by atoms with Crippen LogP contribution in [0.4, 0.5) is 0 Å². The molecule has 1 atom stereocenters. The molecule has 0 radical (unpaired) electrons. The van der Waals surface area contributed by atoms with Crippen LogP contribution in [0.15, 0.2) is 24.3 Å². The highest BCUT2D eigenvalue weighted by atomic mass is 35.5. The first-order chi connectivity index (χ1) is 8.52. The number of hydrogen-bond acceptors (Lipinski definition) is 3. The lowest BCUT2D eigenvalue weighted by Crippen LogP contribution is -2.42. The van der Waals surface area contributed by atoms with Crippen molar-refractivity contribution < 1.29 is 9.59 Å². The van der Waals surface area contributed by atoms with E-state index in [-0.39, 0.29) is 24.2 Å². The monoisotopic (exact) mass is 305 g/mol. The predicted octanol–water partition coefficient (Wildman–Crippen LogP) is 0.955. The van der Waals surface area contributed by atoms with E-state index in [9.17, 15) is 9.59 Å². The number of nitrogens with one attached hydrogen (secondary N) is 2. The Kier molecular flexibility index (Phi) is 8.14.